The maximum Gasteiger partial charge on any atom is 0.0416 e. The molecule has 0 amide bonds. The lowest BCUT2D eigenvalue weighted by atomic mass is 10.0. The Morgan fingerprint density at radius 1 is 1.14 bits per heavy atom. The molecule has 0 spiro atoms. The molecule has 1 unspecified atom stereocenters. The molecule has 21 heavy (non-hydrogen) atoms. The van der Waals surface area contributed by atoms with Crippen molar-refractivity contribution < 1.29 is 0 Å². The van der Waals surface area contributed by atoms with Gasteiger partial charge in [0.1, 0.15) is 0 Å². The van der Waals surface area contributed by atoms with Gasteiger partial charge in [-0.15, -0.1) is 0 Å². The number of piperazine rings is 1. The van der Waals surface area contributed by atoms with Crippen LogP contribution in [-0.4, -0.2) is 44.7 Å². The normalized spacial score (nSPS) is 18.3. The third kappa shape index (κ3) is 4.44. The van der Waals surface area contributed by atoms with Gasteiger partial charge in [0.15, 0.2) is 0 Å². The highest BCUT2D eigenvalue weighted by molar-refractivity contribution is 9.10. The van der Waals surface area contributed by atoms with Gasteiger partial charge in [-0.2, -0.15) is 0 Å². The minimum Gasteiger partial charge on any atom is -0.369 e. The zero-order valence-electron chi connectivity index (χ0n) is 13.7. The van der Waals surface area contributed by atoms with E-state index < -0.39 is 0 Å². The summed E-state index contributed by atoms with van der Waals surface area (Å²) < 4.78 is 1.15. The van der Waals surface area contributed by atoms with Crippen LogP contribution in [0.3, 0.4) is 0 Å². The number of anilines is 1. The second-order valence-electron chi connectivity index (χ2n) is 6.40. The van der Waals surface area contributed by atoms with Crippen molar-refractivity contribution in [2.45, 2.75) is 26.8 Å². The molecule has 1 N–H and O–H groups in total. The topological polar surface area (TPSA) is 18.5 Å². The van der Waals surface area contributed by atoms with Gasteiger partial charge in [-0.25, -0.2) is 0 Å². The van der Waals surface area contributed by atoms with Crippen LogP contribution in [0.2, 0.25) is 0 Å². The molecule has 1 aromatic carbocycles. The van der Waals surface area contributed by atoms with E-state index in [2.05, 4.69) is 70.0 Å². The first-order chi connectivity index (χ1) is 10.0. The molecule has 4 heteroatoms. The summed E-state index contributed by atoms with van der Waals surface area (Å²) in [6.07, 6.45) is 0. The maximum absolute atomic E-state index is 3.60. The van der Waals surface area contributed by atoms with Crippen LogP contribution in [0, 0.1) is 5.92 Å². The first kappa shape index (κ1) is 16.8. The van der Waals surface area contributed by atoms with Crippen molar-refractivity contribution in [2.75, 3.05) is 44.7 Å². The average Bonchev–Trinajstić information content (AvgIpc) is 2.47. The molecule has 0 saturated carbocycles. The van der Waals surface area contributed by atoms with Gasteiger partial charge in [-0.3, -0.25) is 4.90 Å². The van der Waals surface area contributed by atoms with Crippen LogP contribution in [0.1, 0.15) is 32.4 Å². The number of hydrogen-bond donors (Lipinski definition) is 1. The Morgan fingerprint density at radius 2 is 1.81 bits per heavy atom. The van der Waals surface area contributed by atoms with Gasteiger partial charge in [0, 0.05) is 48.9 Å². The lowest BCUT2D eigenvalue weighted by Gasteiger charge is -2.38. The molecule has 1 heterocycles. The average molecular weight is 354 g/mol. The minimum absolute atomic E-state index is 0.367. The largest absolute Gasteiger partial charge is 0.369 e. The summed E-state index contributed by atoms with van der Waals surface area (Å²) in [7, 11) is 2.02. The van der Waals surface area contributed by atoms with Crippen molar-refractivity contribution in [1.29, 1.82) is 0 Å². The smallest absolute Gasteiger partial charge is 0.0416 e. The number of hydrogen-bond acceptors (Lipinski definition) is 3. The molecule has 3 nitrogen and oxygen atoms in total. The van der Waals surface area contributed by atoms with Gasteiger partial charge >= 0.3 is 0 Å². The van der Waals surface area contributed by atoms with E-state index in [0.717, 1.165) is 23.5 Å². The third-order valence-electron chi connectivity index (χ3n) is 4.23. The van der Waals surface area contributed by atoms with Crippen LogP contribution in [0.25, 0.3) is 0 Å². The minimum atomic E-state index is 0.367. The van der Waals surface area contributed by atoms with E-state index in [1.807, 2.05) is 7.05 Å². The SMILES string of the molecule is CNC(C)c1cc(Br)ccc1N1CCN(CC(C)C)CC1. The van der Waals surface area contributed by atoms with E-state index in [1.165, 1.54) is 30.9 Å². The summed E-state index contributed by atoms with van der Waals surface area (Å²) in [5, 5.41) is 3.36. The third-order valence-corrected chi connectivity index (χ3v) is 4.72. The molecule has 0 aliphatic carbocycles. The number of halogens is 1. The predicted molar refractivity (Wildman–Crippen MR) is 95.1 cm³/mol. The van der Waals surface area contributed by atoms with Gasteiger partial charge in [-0.1, -0.05) is 29.8 Å². The van der Waals surface area contributed by atoms with Gasteiger partial charge in [0.05, 0.1) is 0 Å². The zero-order chi connectivity index (χ0) is 15.4. The van der Waals surface area contributed by atoms with Crippen LogP contribution in [0.5, 0.6) is 0 Å². The first-order valence-corrected chi connectivity index (χ1v) is 8.74. The van der Waals surface area contributed by atoms with E-state index in [9.17, 15) is 0 Å². The maximum atomic E-state index is 3.60. The quantitative estimate of drug-likeness (QED) is 0.873. The summed E-state index contributed by atoms with van der Waals surface area (Å²) in [6.45, 7) is 12.6. The molecule has 0 bridgehead atoms. The van der Waals surface area contributed by atoms with E-state index in [1.54, 1.807) is 0 Å². The lowest BCUT2D eigenvalue weighted by molar-refractivity contribution is 0.231. The highest BCUT2D eigenvalue weighted by Crippen LogP contribution is 2.30. The summed E-state index contributed by atoms with van der Waals surface area (Å²) in [4.78, 5) is 5.12. The van der Waals surface area contributed by atoms with Crippen LogP contribution in [-0.2, 0) is 0 Å². The Balaban J connectivity index is 2.09. The number of rotatable bonds is 5. The lowest BCUT2D eigenvalue weighted by Crippen LogP contribution is -2.47. The van der Waals surface area contributed by atoms with Crippen LogP contribution < -0.4 is 10.2 Å². The monoisotopic (exact) mass is 353 g/mol. The molecule has 118 valence electrons. The van der Waals surface area contributed by atoms with Crippen molar-refractivity contribution in [3.63, 3.8) is 0 Å². The van der Waals surface area contributed by atoms with Crippen molar-refractivity contribution in [1.82, 2.24) is 10.2 Å². The Morgan fingerprint density at radius 3 is 2.38 bits per heavy atom. The first-order valence-electron chi connectivity index (χ1n) is 7.95. The second-order valence-corrected chi connectivity index (χ2v) is 7.31. The van der Waals surface area contributed by atoms with Crippen LogP contribution in [0.4, 0.5) is 5.69 Å². The van der Waals surface area contributed by atoms with Crippen molar-refractivity contribution in [3.05, 3.63) is 28.2 Å². The molecule has 1 aliphatic rings. The van der Waals surface area contributed by atoms with E-state index >= 15 is 0 Å². The summed E-state index contributed by atoms with van der Waals surface area (Å²) in [6, 6.07) is 7.02. The van der Waals surface area contributed by atoms with Gasteiger partial charge < -0.3 is 10.2 Å². The van der Waals surface area contributed by atoms with Gasteiger partial charge in [0.2, 0.25) is 0 Å². The highest BCUT2D eigenvalue weighted by atomic mass is 79.9. The fourth-order valence-electron chi connectivity index (χ4n) is 3.00. The van der Waals surface area contributed by atoms with Crippen molar-refractivity contribution >= 4 is 21.6 Å². The molecule has 1 fully saturated rings. The van der Waals surface area contributed by atoms with Crippen LogP contribution in [0.15, 0.2) is 22.7 Å². The summed E-state index contributed by atoms with van der Waals surface area (Å²) in [5.41, 5.74) is 2.76. The number of nitrogens with zero attached hydrogens (tertiary/aromatic N) is 2. The van der Waals surface area contributed by atoms with Crippen molar-refractivity contribution in [3.8, 4) is 0 Å². The van der Waals surface area contributed by atoms with Gasteiger partial charge in [0.25, 0.3) is 0 Å². The standard InChI is InChI=1S/C17H28BrN3/c1-13(2)12-20-7-9-21(10-8-20)17-6-5-15(18)11-16(17)14(3)19-4/h5-6,11,13-14,19H,7-10,12H2,1-4H3. The molecule has 1 saturated heterocycles. The Hall–Kier alpha value is -0.580. The van der Waals surface area contributed by atoms with E-state index in [0.29, 0.717) is 6.04 Å². The van der Waals surface area contributed by atoms with Gasteiger partial charge in [-0.05, 0) is 43.7 Å². The molecular weight excluding hydrogens is 326 g/mol. The summed E-state index contributed by atoms with van der Waals surface area (Å²) in [5.74, 6) is 0.754. The Kier molecular flexibility index (Phi) is 6.08. The molecule has 2 rings (SSSR count). The number of benzene rings is 1. The Bertz CT molecular complexity index is 453. The molecule has 1 aromatic rings. The van der Waals surface area contributed by atoms with Crippen molar-refractivity contribution in [2.24, 2.45) is 5.92 Å². The van der Waals surface area contributed by atoms with E-state index in [4.69, 9.17) is 0 Å². The fourth-order valence-corrected chi connectivity index (χ4v) is 3.38. The zero-order valence-corrected chi connectivity index (χ0v) is 15.3. The molecule has 1 atom stereocenters. The summed E-state index contributed by atoms with van der Waals surface area (Å²) >= 11 is 3.60. The molecule has 0 radical (unpaired) electrons. The predicted octanol–water partition coefficient (Wildman–Crippen LogP) is 3.51. The molecule has 1 aliphatic heterocycles. The highest BCUT2D eigenvalue weighted by Gasteiger charge is 2.21. The Labute approximate surface area is 137 Å². The number of nitrogens with one attached hydrogen (secondary N) is 1. The second kappa shape index (κ2) is 7.61. The molecular formula is C17H28BrN3. The molecule has 0 aromatic heterocycles. The fraction of sp³-hybridized carbons (Fsp3) is 0.647. The van der Waals surface area contributed by atoms with E-state index in [-0.39, 0.29) is 0 Å². The van der Waals surface area contributed by atoms with Crippen LogP contribution >= 0.6 is 15.9 Å².